The molecule has 2 N–H and O–H groups in total. The number of esters is 2. The predicted molar refractivity (Wildman–Crippen MR) is 213 cm³/mol. The molecule has 0 radical (unpaired) electrons. The highest BCUT2D eigenvalue weighted by molar-refractivity contribution is 6.50. The summed E-state index contributed by atoms with van der Waals surface area (Å²) in [6, 6.07) is 9.23. The molecule has 5 heteroatoms. The standard InChI is InChI=1S/C49H29NO4/c1-2-53-47(51)49(48(52)54-15-3-14-50)16-17-4-5-18-19-6-7-20-21-8-9-22-23-10-11-24-25-12-13-26(49)36-35(25)41-34(24)33(23)40-32(22)31(21)39-30(20)29(19)38-28(18)27(17)37(36)42-43(38)44(39)45(40)46(41)42/h4-13,16,20,22,26,30,32H,2-3,14-15,50H2,1H3. The van der Waals surface area contributed by atoms with E-state index in [1.807, 2.05) is 13.0 Å². The van der Waals surface area contributed by atoms with Crippen LogP contribution < -0.4 is 16.2 Å². The van der Waals surface area contributed by atoms with Gasteiger partial charge in [-0.1, -0.05) is 60.7 Å². The Morgan fingerprint density at radius 1 is 0.667 bits per heavy atom. The van der Waals surface area contributed by atoms with Gasteiger partial charge in [-0.3, -0.25) is 9.59 Å². The molecule has 8 aliphatic carbocycles. The topological polar surface area (TPSA) is 78.6 Å². The third-order valence-corrected chi connectivity index (χ3v) is 15.6. The highest BCUT2D eigenvalue weighted by atomic mass is 16.6. The number of carbonyl (C=O) groups excluding carboxylic acids is 2. The van der Waals surface area contributed by atoms with Crippen LogP contribution in [0, 0.1) is 11.3 Å². The SMILES string of the molecule is CCOC(=O)C1(C(=O)OCCCN)C=c2ccc3c4c5c6c7c8c9c%10c%11c(ccc%12c%13c%14c(c(c2c36)c7c9c%14c%12%11)C1C=C%13)C1C=CC2=C(C=8C5C2C=C4)C%101. The fourth-order valence-corrected chi connectivity index (χ4v) is 14.2. The fraction of sp³-hybridized carbons (Fsp3) is 0.224. The first-order chi connectivity index (χ1) is 26.6. The zero-order valence-electron chi connectivity index (χ0n) is 29.3. The van der Waals surface area contributed by atoms with E-state index in [2.05, 4.69) is 60.7 Å². The molecule has 8 aromatic carbocycles. The Labute approximate surface area is 306 Å². The molecule has 6 atom stereocenters. The first-order valence-corrected chi connectivity index (χ1v) is 19.8. The van der Waals surface area contributed by atoms with Crippen LogP contribution in [0.4, 0.5) is 0 Å². The summed E-state index contributed by atoms with van der Waals surface area (Å²) < 4.78 is 12.0. The maximum atomic E-state index is 15.0. The van der Waals surface area contributed by atoms with E-state index in [-0.39, 0.29) is 13.2 Å². The Balaban J connectivity index is 1.25. The second kappa shape index (κ2) is 7.87. The highest BCUT2D eigenvalue weighted by Crippen LogP contribution is 2.72. The van der Waals surface area contributed by atoms with Crippen molar-refractivity contribution in [2.24, 2.45) is 17.1 Å². The summed E-state index contributed by atoms with van der Waals surface area (Å²) in [5, 5.41) is 21.0. The van der Waals surface area contributed by atoms with Gasteiger partial charge < -0.3 is 15.2 Å². The lowest BCUT2D eigenvalue weighted by atomic mass is 9.68. The van der Waals surface area contributed by atoms with Crippen LogP contribution >= 0.6 is 0 Å². The maximum absolute atomic E-state index is 15.0. The van der Waals surface area contributed by atoms with Gasteiger partial charge in [0, 0.05) is 29.6 Å². The maximum Gasteiger partial charge on any atom is 0.328 e. The molecule has 254 valence electrons. The molecule has 0 spiro atoms. The van der Waals surface area contributed by atoms with Crippen molar-refractivity contribution >= 4 is 111 Å². The van der Waals surface area contributed by atoms with Crippen LogP contribution in [0.3, 0.4) is 0 Å². The minimum absolute atomic E-state index is 0.145. The number of carbonyl (C=O) groups is 2. The zero-order chi connectivity index (χ0) is 35.0. The number of allylic oxidation sites excluding steroid dienone is 6. The smallest absolute Gasteiger partial charge is 0.328 e. The first-order valence-electron chi connectivity index (χ1n) is 19.8. The third kappa shape index (κ3) is 2.22. The Kier molecular flexibility index (Phi) is 3.92. The van der Waals surface area contributed by atoms with E-state index in [0.717, 1.165) is 10.8 Å². The second-order valence-electron chi connectivity index (χ2n) is 17.2. The molecule has 16 rings (SSSR count). The average molecular weight is 696 g/mol. The molecule has 54 heavy (non-hydrogen) atoms. The van der Waals surface area contributed by atoms with Crippen molar-refractivity contribution in [1.82, 2.24) is 0 Å². The molecular weight excluding hydrogens is 667 g/mol. The largest absolute Gasteiger partial charge is 0.465 e. The van der Waals surface area contributed by atoms with Crippen molar-refractivity contribution in [1.29, 1.82) is 0 Å². The van der Waals surface area contributed by atoms with Crippen molar-refractivity contribution in [3.8, 4) is 0 Å². The van der Waals surface area contributed by atoms with Crippen molar-refractivity contribution < 1.29 is 19.1 Å². The lowest BCUT2D eigenvalue weighted by molar-refractivity contribution is -0.167. The van der Waals surface area contributed by atoms with E-state index in [4.69, 9.17) is 15.2 Å². The molecule has 0 fully saturated rings. The molecule has 0 aromatic heterocycles. The van der Waals surface area contributed by atoms with Gasteiger partial charge in [0.2, 0.25) is 0 Å². The van der Waals surface area contributed by atoms with E-state index in [1.54, 1.807) is 16.7 Å². The number of hydrogen-bond donors (Lipinski definition) is 1. The number of benzene rings is 5. The summed E-state index contributed by atoms with van der Waals surface area (Å²) in [6.45, 7) is 2.51. The predicted octanol–water partition coefficient (Wildman–Crippen LogP) is 7.82. The van der Waals surface area contributed by atoms with Crippen LogP contribution in [0.5, 0.6) is 0 Å². The lowest BCUT2D eigenvalue weighted by Crippen LogP contribution is -2.45. The van der Waals surface area contributed by atoms with Crippen LogP contribution in [0.15, 0.2) is 59.7 Å². The zero-order valence-corrected chi connectivity index (χ0v) is 29.3. The quantitative estimate of drug-likeness (QED) is 0.0831. The van der Waals surface area contributed by atoms with Gasteiger partial charge in [0.05, 0.1) is 13.2 Å². The summed E-state index contributed by atoms with van der Waals surface area (Å²) in [6.07, 6.45) is 16.8. The van der Waals surface area contributed by atoms with Gasteiger partial charge in [-0.15, -0.1) is 0 Å². The van der Waals surface area contributed by atoms with Crippen LogP contribution in [-0.4, -0.2) is 31.7 Å². The molecule has 5 nitrogen and oxygen atoms in total. The highest BCUT2D eigenvalue weighted by Gasteiger charge is 2.58. The normalized spacial score (nSPS) is 27.6. The van der Waals surface area contributed by atoms with Crippen molar-refractivity contribution in [3.05, 3.63) is 104 Å². The second-order valence-corrected chi connectivity index (χ2v) is 17.2. The molecule has 0 saturated carbocycles. The van der Waals surface area contributed by atoms with Crippen molar-refractivity contribution in [3.63, 3.8) is 0 Å². The molecule has 0 heterocycles. The minimum atomic E-state index is -1.73. The van der Waals surface area contributed by atoms with Gasteiger partial charge in [-0.05, 0) is 162 Å². The monoisotopic (exact) mass is 695 g/mol. The lowest BCUT2D eigenvalue weighted by Gasteiger charge is -2.34. The van der Waals surface area contributed by atoms with Gasteiger partial charge in [0.15, 0.2) is 5.41 Å². The van der Waals surface area contributed by atoms with E-state index in [9.17, 15) is 9.59 Å². The fourth-order valence-electron chi connectivity index (χ4n) is 14.2. The number of rotatable bonds is 6. The van der Waals surface area contributed by atoms with Crippen LogP contribution in [0.25, 0.3) is 99.2 Å². The third-order valence-electron chi connectivity index (χ3n) is 15.6. The van der Waals surface area contributed by atoms with Gasteiger partial charge in [-0.25, -0.2) is 0 Å². The van der Waals surface area contributed by atoms with E-state index in [0.29, 0.717) is 36.6 Å². The van der Waals surface area contributed by atoms with E-state index < -0.39 is 23.3 Å². The Bertz CT molecular complexity index is 3600. The summed E-state index contributed by atoms with van der Waals surface area (Å²) in [7, 11) is 0. The van der Waals surface area contributed by atoms with E-state index >= 15 is 0 Å². The van der Waals surface area contributed by atoms with Gasteiger partial charge >= 0.3 is 11.9 Å². The van der Waals surface area contributed by atoms with Crippen molar-refractivity contribution in [2.75, 3.05) is 19.8 Å². The molecule has 0 aliphatic heterocycles. The Morgan fingerprint density at radius 2 is 1.41 bits per heavy atom. The number of nitrogens with two attached hydrogens (primary N) is 1. The van der Waals surface area contributed by atoms with Gasteiger partial charge in [-0.2, -0.15) is 0 Å². The van der Waals surface area contributed by atoms with Crippen LogP contribution in [0.1, 0.15) is 70.4 Å². The van der Waals surface area contributed by atoms with Crippen molar-refractivity contribution in [2.45, 2.75) is 37.0 Å². The summed E-state index contributed by atoms with van der Waals surface area (Å²) in [4.78, 5) is 29.8. The van der Waals surface area contributed by atoms with Gasteiger partial charge in [0.25, 0.3) is 0 Å². The summed E-state index contributed by atoms with van der Waals surface area (Å²) in [5.41, 5.74) is 17.0. The molecule has 8 aliphatic rings. The summed E-state index contributed by atoms with van der Waals surface area (Å²) in [5.74, 6) is -0.466. The first kappa shape index (κ1) is 26.9. The molecule has 6 unspecified atom stereocenters. The van der Waals surface area contributed by atoms with E-state index in [1.165, 1.54) is 108 Å². The Hall–Kier alpha value is -5.78. The molecule has 0 saturated heterocycles. The number of hydrogen-bond acceptors (Lipinski definition) is 5. The van der Waals surface area contributed by atoms with Crippen LogP contribution in [0.2, 0.25) is 0 Å². The summed E-state index contributed by atoms with van der Waals surface area (Å²) >= 11 is 0. The Morgan fingerprint density at radius 3 is 2.30 bits per heavy atom. The number of ether oxygens (including phenoxy) is 2. The van der Waals surface area contributed by atoms with Gasteiger partial charge in [0.1, 0.15) is 0 Å². The minimum Gasteiger partial charge on any atom is -0.465 e. The molecule has 8 aromatic rings. The average Bonchev–Trinajstić information content (AvgIpc) is 3.96. The molecular formula is C49H29NO4. The molecule has 0 bridgehead atoms. The van der Waals surface area contributed by atoms with Crippen LogP contribution in [-0.2, 0) is 19.1 Å². The molecule has 0 amide bonds. The number of fused-ring (bicyclic) bond motifs is 4.